The zero-order valence-corrected chi connectivity index (χ0v) is 4.84. The van der Waals surface area contributed by atoms with Gasteiger partial charge in [-0.15, -0.1) is 6.42 Å². The van der Waals surface area contributed by atoms with Crippen molar-refractivity contribution in [2.24, 2.45) is 0 Å². The fourth-order valence-corrected chi connectivity index (χ4v) is 0.607. The Bertz CT molecular complexity index is 195. The topological polar surface area (TPSA) is 0 Å². The Balaban J connectivity index is 2.77. The van der Waals surface area contributed by atoms with E-state index in [0.29, 0.717) is 0 Å². The van der Waals surface area contributed by atoms with Crippen LogP contribution in [0.3, 0.4) is 0 Å². The molecule has 0 saturated heterocycles. The molecule has 45 valence electrons. The van der Waals surface area contributed by atoms with Gasteiger partial charge in [0.15, 0.2) is 5.67 Å². The first-order chi connectivity index (χ1) is 4.27. The summed E-state index contributed by atoms with van der Waals surface area (Å²) in [4.78, 5) is 0. The summed E-state index contributed by atoms with van der Waals surface area (Å²) in [7, 11) is 0. The molecule has 1 atom stereocenters. The van der Waals surface area contributed by atoms with Gasteiger partial charge in [-0.2, -0.15) is 0 Å². The van der Waals surface area contributed by atoms with Crippen LogP contribution in [-0.4, -0.2) is 5.67 Å². The van der Waals surface area contributed by atoms with Gasteiger partial charge in [0.2, 0.25) is 0 Å². The molecular weight excluding hydrogens is 115 g/mol. The molecule has 1 radical (unpaired) electrons. The van der Waals surface area contributed by atoms with Gasteiger partial charge >= 0.3 is 0 Å². The van der Waals surface area contributed by atoms with Gasteiger partial charge in [-0.3, -0.25) is 0 Å². The lowest BCUT2D eigenvalue weighted by Gasteiger charge is -2.12. The third-order valence-electron chi connectivity index (χ3n) is 1.12. The fraction of sp³-hybridized carbons (Fsp3) is 0.125. The predicted octanol–water partition coefficient (Wildman–Crippen LogP) is 1.66. The monoisotopic (exact) mass is 121 g/mol. The van der Waals surface area contributed by atoms with Gasteiger partial charge in [0.05, 0.1) is 0 Å². The maximum atomic E-state index is 12.9. The molecule has 1 heteroatoms. The van der Waals surface area contributed by atoms with Crippen LogP contribution in [0.2, 0.25) is 0 Å². The van der Waals surface area contributed by atoms with E-state index in [2.05, 4.69) is 0 Å². The summed E-state index contributed by atoms with van der Waals surface area (Å²) in [5.41, 5.74) is -1.64. The highest BCUT2D eigenvalue weighted by Gasteiger charge is 2.22. The summed E-state index contributed by atoms with van der Waals surface area (Å²) in [5, 5.41) is 0. The Labute approximate surface area is 54.1 Å². The van der Waals surface area contributed by atoms with E-state index in [-0.39, 0.29) is 0 Å². The minimum Gasteiger partial charge on any atom is -0.224 e. The summed E-state index contributed by atoms with van der Waals surface area (Å²) in [6, 6.07) is 0. The first-order valence-electron chi connectivity index (χ1n) is 2.64. The van der Waals surface area contributed by atoms with E-state index in [4.69, 9.17) is 6.42 Å². The Morgan fingerprint density at radius 3 is 2.44 bits per heavy atom. The maximum Gasteiger partial charge on any atom is 0.196 e. The quantitative estimate of drug-likeness (QED) is 0.427. The SMILES string of the molecule is C#CC1(F)[CH]C=CC=C1. The molecule has 9 heavy (non-hydrogen) atoms. The molecule has 1 aliphatic rings. The summed E-state index contributed by atoms with van der Waals surface area (Å²) in [5.74, 6) is 2.02. The molecule has 0 N–H and O–H groups in total. The fourth-order valence-electron chi connectivity index (χ4n) is 0.607. The third-order valence-corrected chi connectivity index (χ3v) is 1.12. The van der Waals surface area contributed by atoms with Gasteiger partial charge in [-0.25, -0.2) is 4.39 Å². The molecule has 0 spiro atoms. The first kappa shape index (κ1) is 6.10. The number of terminal acetylenes is 1. The molecular formula is C8H6F. The van der Waals surface area contributed by atoms with Crippen molar-refractivity contribution in [1.82, 2.24) is 0 Å². The van der Waals surface area contributed by atoms with E-state index in [1.54, 1.807) is 18.2 Å². The Morgan fingerprint density at radius 1 is 1.33 bits per heavy atom. The molecule has 0 bridgehead atoms. The molecule has 0 aromatic rings. The van der Waals surface area contributed by atoms with Crippen LogP contribution in [0.15, 0.2) is 24.3 Å². The van der Waals surface area contributed by atoms with Crippen LogP contribution in [0.1, 0.15) is 0 Å². The second-order valence-corrected chi connectivity index (χ2v) is 1.82. The van der Waals surface area contributed by atoms with Crippen molar-refractivity contribution in [3.05, 3.63) is 30.7 Å². The van der Waals surface area contributed by atoms with Gasteiger partial charge in [0, 0.05) is 6.42 Å². The van der Waals surface area contributed by atoms with E-state index >= 15 is 0 Å². The summed E-state index contributed by atoms with van der Waals surface area (Å²) >= 11 is 0. The summed E-state index contributed by atoms with van der Waals surface area (Å²) in [6.45, 7) is 0. The third kappa shape index (κ3) is 1.20. The average Bonchev–Trinajstić information content (AvgIpc) is 1.90. The van der Waals surface area contributed by atoms with Crippen LogP contribution in [0.4, 0.5) is 4.39 Å². The van der Waals surface area contributed by atoms with Gasteiger partial charge in [-0.05, 0) is 6.08 Å². The summed E-state index contributed by atoms with van der Waals surface area (Å²) in [6.07, 6.45) is 12.5. The van der Waals surface area contributed by atoms with Crippen molar-refractivity contribution < 1.29 is 4.39 Å². The van der Waals surface area contributed by atoms with Crippen LogP contribution in [0.25, 0.3) is 0 Å². The predicted molar refractivity (Wildman–Crippen MR) is 35.3 cm³/mol. The Hall–Kier alpha value is -1.03. The highest BCUT2D eigenvalue weighted by atomic mass is 19.1. The number of hydrogen-bond donors (Lipinski definition) is 0. The smallest absolute Gasteiger partial charge is 0.196 e. The van der Waals surface area contributed by atoms with E-state index in [0.717, 1.165) is 0 Å². The number of halogens is 1. The first-order valence-corrected chi connectivity index (χ1v) is 2.64. The maximum absolute atomic E-state index is 12.9. The lowest BCUT2D eigenvalue weighted by Crippen LogP contribution is -2.17. The van der Waals surface area contributed by atoms with Crippen LogP contribution in [0, 0.1) is 18.8 Å². The number of alkyl halides is 1. The minimum absolute atomic E-state index is 1.34. The molecule has 1 aliphatic carbocycles. The highest BCUT2D eigenvalue weighted by Crippen LogP contribution is 2.19. The second kappa shape index (κ2) is 2.06. The molecule has 0 amide bonds. The van der Waals surface area contributed by atoms with Gasteiger partial charge in [0.1, 0.15) is 0 Å². The zero-order valence-electron chi connectivity index (χ0n) is 4.84. The van der Waals surface area contributed by atoms with Crippen molar-refractivity contribution in [3.8, 4) is 12.3 Å². The largest absolute Gasteiger partial charge is 0.224 e. The minimum atomic E-state index is -1.64. The van der Waals surface area contributed by atoms with E-state index in [1.165, 1.54) is 12.5 Å². The molecule has 0 aliphatic heterocycles. The lowest BCUT2D eigenvalue weighted by molar-refractivity contribution is 0.364. The van der Waals surface area contributed by atoms with Crippen LogP contribution >= 0.6 is 0 Å². The Kier molecular flexibility index (Phi) is 1.40. The molecule has 0 aromatic heterocycles. The van der Waals surface area contributed by atoms with Crippen LogP contribution < -0.4 is 0 Å². The molecule has 0 heterocycles. The molecule has 0 saturated carbocycles. The molecule has 0 nitrogen and oxygen atoms in total. The van der Waals surface area contributed by atoms with Crippen LogP contribution in [0.5, 0.6) is 0 Å². The average molecular weight is 121 g/mol. The van der Waals surface area contributed by atoms with Crippen molar-refractivity contribution in [1.29, 1.82) is 0 Å². The summed E-state index contributed by atoms with van der Waals surface area (Å²) < 4.78 is 12.9. The highest BCUT2D eigenvalue weighted by molar-refractivity contribution is 5.35. The molecule has 0 fully saturated rings. The molecule has 1 unspecified atom stereocenters. The van der Waals surface area contributed by atoms with Crippen molar-refractivity contribution in [2.45, 2.75) is 5.67 Å². The van der Waals surface area contributed by atoms with Crippen molar-refractivity contribution in [2.75, 3.05) is 0 Å². The van der Waals surface area contributed by atoms with E-state index < -0.39 is 5.67 Å². The molecule has 0 aromatic carbocycles. The normalized spacial score (nSPS) is 32.0. The number of hydrogen-bond acceptors (Lipinski definition) is 0. The second-order valence-electron chi connectivity index (χ2n) is 1.82. The van der Waals surface area contributed by atoms with Gasteiger partial charge < -0.3 is 0 Å². The van der Waals surface area contributed by atoms with Gasteiger partial charge in [-0.1, -0.05) is 24.1 Å². The van der Waals surface area contributed by atoms with E-state index in [1.807, 2.05) is 5.92 Å². The van der Waals surface area contributed by atoms with Crippen LogP contribution in [-0.2, 0) is 0 Å². The van der Waals surface area contributed by atoms with Crippen molar-refractivity contribution in [3.63, 3.8) is 0 Å². The zero-order chi connectivity index (χ0) is 6.74. The van der Waals surface area contributed by atoms with Crippen molar-refractivity contribution >= 4 is 0 Å². The standard InChI is InChI=1S/C8H6F/c1-2-8(9)6-4-3-5-7-8/h1,3-7H. The lowest BCUT2D eigenvalue weighted by atomic mass is 9.99. The Morgan fingerprint density at radius 2 is 2.11 bits per heavy atom. The number of allylic oxidation sites excluding steroid dienone is 4. The van der Waals surface area contributed by atoms with E-state index in [9.17, 15) is 4.39 Å². The van der Waals surface area contributed by atoms with Gasteiger partial charge in [0.25, 0.3) is 0 Å². The molecule has 1 rings (SSSR count). The number of rotatable bonds is 0.